The van der Waals surface area contributed by atoms with Gasteiger partial charge in [-0.3, -0.25) is 15.0 Å². The number of aromatic nitrogens is 3. The molecule has 3 rings (SSSR count). The van der Waals surface area contributed by atoms with Gasteiger partial charge in [0.2, 0.25) is 0 Å². The lowest BCUT2D eigenvalue weighted by atomic mass is 10.3. The number of hydrogen-bond donors (Lipinski definition) is 2. The van der Waals surface area contributed by atoms with Crippen molar-refractivity contribution in [2.45, 2.75) is 13.0 Å². The van der Waals surface area contributed by atoms with E-state index in [-0.39, 0.29) is 0 Å². The molecule has 122 valence electrons. The van der Waals surface area contributed by atoms with E-state index in [1.807, 2.05) is 18.2 Å². The Bertz CT molecular complexity index is 819. The summed E-state index contributed by atoms with van der Waals surface area (Å²) in [5.41, 5.74) is 1.36. The predicted molar refractivity (Wildman–Crippen MR) is 89.2 cm³/mol. The minimum absolute atomic E-state index is 0.377. The number of carbonyl (C=O) groups excluding carboxylic acids is 1. The zero-order valence-corrected chi connectivity index (χ0v) is 12.8. The highest BCUT2D eigenvalue weighted by Crippen LogP contribution is 2.10. The van der Waals surface area contributed by atoms with Crippen molar-refractivity contribution in [1.82, 2.24) is 14.8 Å². The highest BCUT2D eigenvalue weighted by Gasteiger charge is 2.06. The SMILES string of the molecule is O=C(Nc1cccc(F)c1)Nc1ccn(CCc2ccccn2)n1. The first-order valence-corrected chi connectivity index (χ1v) is 7.46. The maximum absolute atomic E-state index is 13.1. The molecule has 0 spiro atoms. The molecule has 2 amide bonds. The van der Waals surface area contributed by atoms with Crippen LogP contribution in [0.4, 0.5) is 20.7 Å². The molecule has 0 aliphatic carbocycles. The number of urea groups is 1. The standard InChI is InChI=1S/C17H16FN5O/c18-13-4-3-6-15(12-13)20-17(24)21-16-8-11-23(22-16)10-7-14-5-1-2-9-19-14/h1-6,8-9,11-12H,7,10H2,(H2,20,21,22,24). The fraction of sp³-hybridized carbons (Fsp3) is 0.118. The van der Waals surface area contributed by atoms with Crippen LogP contribution in [0.1, 0.15) is 5.69 Å². The topological polar surface area (TPSA) is 71.8 Å². The molecule has 0 unspecified atom stereocenters. The van der Waals surface area contributed by atoms with Crippen molar-refractivity contribution in [2.75, 3.05) is 10.6 Å². The molecule has 2 N–H and O–H groups in total. The molecule has 0 saturated heterocycles. The lowest BCUT2D eigenvalue weighted by Gasteiger charge is -2.05. The van der Waals surface area contributed by atoms with Crippen molar-refractivity contribution in [2.24, 2.45) is 0 Å². The molecule has 0 radical (unpaired) electrons. The highest BCUT2D eigenvalue weighted by molar-refractivity contribution is 5.99. The molecule has 6 nitrogen and oxygen atoms in total. The summed E-state index contributed by atoms with van der Waals surface area (Å²) in [6, 6.07) is 12.7. The number of carbonyl (C=O) groups is 1. The Labute approximate surface area is 138 Å². The molecule has 1 aromatic carbocycles. The predicted octanol–water partition coefficient (Wildman–Crippen LogP) is 3.30. The van der Waals surface area contributed by atoms with Gasteiger partial charge in [0.15, 0.2) is 5.82 Å². The molecule has 7 heteroatoms. The molecule has 3 aromatic rings. The largest absolute Gasteiger partial charge is 0.324 e. The number of amides is 2. The summed E-state index contributed by atoms with van der Waals surface area (Å²) in [6.07, 6.45) is 4.28. The van der Waals surface area contributed by atoms with E-state index < -0.39 is 11.8 Å². The Hall–Kier alpha value is -3.22. The number of halogens is 1. The molecule has 2 aromatic heterocycles. The zero-order chi connectivity index (χ0) is 16.8. The second-order valence-electron chi connectivity index (χ2n) is 5.12. The van der Waals surface area contributed by atoms with Crippen LogP contribution in [0.25, 0.3) is 0 Å². The Morgan fingerprint density at radius 1 is 1.12 bits per heavy atom. The van der Waals surface area contributed by atoms with Gasteiger partial charge >= 0.3 is 6.03 Å². The van der Waals surface area contributed by atoms with Crippen molar-refractivity contribution < 1.29 is 9.18 Å². The maximum atomic E-state index is 13.1. The summed E-state index contributed by atoms with van der Waals surface area (Å²) in [5, 5.41) is 9.42. The van der Waals surface area contributed by atoms with Gasteiger partial charge in [0.1, 0.15) is 5.82 Å². The Kier molecular flexibility index (Phi) is 4.81. The van der Waals surface area contributed by atoms with Crippen molar-refractivity contribution in [3.05, 3.63) is 72.4 Å². The number of hydrogen-bond acceptors (Lipinski definition) is 3. The van der Waals surface area contributed by atoms with Crippen LogP contribution in [-0.4, -0.2) is 20.8 Å². The van der Waals surface area contributed by atoms with Gasteiger partial charge in [0.25, 0.3) is 0 Å². The van der Waals surface area contributed by atoms with E-state index in [0.29, 0.717) is 18.1 Å². The maximum Gasteiger partial charge on any atom is 0.324 e. The molecule has 0 atom stereocenters. The number of aryl methyl sites for hydroxylation is 2. The third-order valence-electron chi connectivity index (χ3n) is 3.29. The summed E-state index contributed by atoms with van der Waals surface area (Å²) in [4.78, 5) is 16.1. The number of rotatable bonds is 5. The third-order valence-corrected chi connectivity index (χ3v) is 3.29. The van der Waals surface area contributed by atoms with Crippen LogP contribution in [0.3, 0.4) is 0 Å². The molecule has 0 bridgehead atoms. The van der Waals surface area contributed by atoms with Crippen molar-refractivity contribution in [3.8, 4) is 0 Å². The van der Waals surface area contributed by atoms with Crippen molar-refractivity contribution in [1.29, 1.82) is 0 Å². The van der Waals surface area contributed by atoms with E-state index in [0.717, 1.165) is 12.1 Å². The monoisotopic (exact) mass is 325 g/mol. The summed E-state index contributed by atoms with van der Waals surface area (Å²) >= 11 is 0. The van der Waals surface area contributed by atoms with Gasteiger partial charge in [0.05, 0.1) is 0 Å². The van der Waals surface area contributed by atoms with Gasteiger partial charge in [-0.2, -0.15) is 5.10 Å². The van der Waals surface area contributed by atoms with Crippen molar-refractivity contribution >= 4 is 17.5 Å². The molecule has 0 fully saturated rings. The van der Waals surface area contributed by atoms with E-state index in [1.165, 1.54) is 18.2 Å². The van der Waals surface area contributed by atoms with Gasteiger partial charge in [-0.25, -0.2) is 9.18 Å². The summed E-state index contributed by atoms with van der Waals surface area (Å²) in [7, 11) is 0. The van der Waals surface area contributed by atoms with Crippen LogP contribution in [0, 0.1) is 5.82 Å². The normalized spacial score (nSPS) is 10.4. The molecule has 0 aliphatic rings. The van der Waals surface area contributed by atoms with Crippen LogP contribution in [-0.2, 0) is 13.0 Å². The molecule has 24 heavy (non-hydrogen) atoms. The fourth-order valence-electron chi connectivity index (χ4n) is 2.17. The molecular formula is C17H16FN5O. The van der Waals surface area contributed by atoms with E-state index >= 15 is 0 Å². The van der Waals surface area contributed by atoms with Crippen LogP contribution in [0.15, 0.2) is 60.9 Å². The second kappa shape index (κ2) is 7.36. The van der Waals surface area contributed by atoms with Crippen LogP contribution in [0.5, 0.6) is 0 Å². The molecule has 2 heterocycles. The van der Waals surface area contributed by atoms with E-state index in [2.05, 4.69) is 20.7 Å². The fourth-order valence-corrected chi connectivity index (χ4v) is 2.17. The highest BCUT2D eigenvalue weighted by atomic mass is 19.1. The van der Waals surface area contributed by atoms with Crippen molar-refractivity contribution in [3.63, 3.8) is 0 Å². The van der Waals surface area contributed by atoms with Gasteiger partial charge in [0, 0.05) is 42.8 Å². The molecule has 0 saturated carbocycles. The van der Waals surface area contributed by atoms with E-state index in [4.69, 9.17) is 0 Å². The Balaban J connectivity index is 1.53. The second-order valence-corrected chi connectivity index (χ2v) is 5.12. The lowest BCUT2D eigenvalue weighted by molar-refractivity contribution is 0.262. The number of anilines is 2. The van der Waals surface area contributed by atoms with E-state index in [9.17, 15) is 9.18 Å². The average Bonchev–Trinajstić information content (AvgIpc) is 3.01. The summed E-state index contributed by atoms with van der Waals surface area (Å²) < 4.78 is 14.8. The quantitative estimate of drug-likeness (QED) is 0.756. The summed E-state index contributed by atoms with van der Waals surface area (Å²) in [6.45, 7) is 0.657. The minimum Gasteiger partial charge on any atom is -0.308 e. The molecular weight excluding hydrogens is 309 g/mol. The van der Waals surface area contributed by atoms with Gasteiger partial charge in [-0.05, 0) is 30.3 Å². The van der Waals surface area contributed by atoms with Gasteiger partial charge < -0.3 is 5.32 Å². The Morgan fingerprint density at radius 3 is 2.83 bits per heavy atom. The number of nitrogens with one attached hydrogen (secondary N) is 2. The third kappa shape index (κ3) is 4.39. The minimum atomic E-state index is -0.476. The van der Waals surface area contributed by atoms with Crippen LogP contribution in [0.2, 0.25) is 0 Å². The first-order chi connectivity index (χ1) is 11.7. The van der Waals surface area contributed by atoms with Crippen LogP contribution >= 0.6 is 0 Å². The smallest absolute Gasteiger partial charge is 0.308 e. The van der Waals surface area contributed by atoms with E-state index in [1.54, 1.807) is 29.2 Å². The summed E-state index contributed by atoms with van der Waals surface area (Å²) in [5.74, 6) is 0.0107. The Morgan fingerprint density at radius 2 is 2.04 bits per heavy atom. The number of pyridine rings is 1. The first-order valence-electron chi connectivity index (χ1n) is 7.46. The molecule has 0 aliphatic heterocycles. The zero-order valence-electron chi connectivity index (χ0n) is 12.8. The van der Waals surface area contributed by atoms with Gasteiger partial charge in [-0.1, -0.05) is 12.1 Å². The number of nitrogens with zero attached hydrogens (tertiary/aromatic N) is 3. The average molecular weight is 325 g/mol. The first kappa shape index (κ1) is 15.7. The number of benzene rings is 1. The van der Waals surface area contributed by atoms with Crippen LogP contribution < -0.4 is 10.6 Å². The van der Waals surface area contributed by atoms with Gasteiger partial charge in [-0.15, -0.1) is 0 Å². The lowest BCUT2D eigenvalue weighted by Crippen LogP contribution is -2.20.